The molecule has 3 nitrogen and oxygen atoms in total. The minimum Gasteiger partial charge on any atom is -0.508 e. The molecule has 0 aromatic heterocycles. The summed E-state index contributed by atoms with van der Waals surface area (Å²) in [5.41, 5.74) is 1.44. The molecule has 0 aliphatic heterocycles. The summed E-state index contributed by atoms with van der Waals surface area (Å²) in [6, 6.07) is 4.81. The number of ether oxygens (including phenoxy) is 1. The van der Waals surface area contributed by atoms with Gasteiger partial charge in [0.1, 0.15) is 5.75 Å². The second-order valence-corrected chi connectivity index (χ2v) is 4.02. The molecule has 0 aliphatic rings. The predicted molar refractivity (Wildman–Crippen MR) is 67.3 cm³/mol. The number of benzene rings is 1. The average molecular weight is 236 g/mol. The van der Waals surface area contributed by atoms with Gasteiger partial charge in [-0.25, -0.2) is 4.79 Å². The molecule has 0 spiro atoms. The summed E-state index contributed by atoms with van der Waals surface area (Å²) in [7, 11) is 0. The highest BCUT2D eigenvalue weighted by atomic mass is 16.5. The monoisotopic (exact) mass is 236 g/mol. The number of carbonyl (C=O) groups is 1. The Morgan fingerprint density at radius 2 is 2.06 bits per heavy atom. The third kappa shape index (κ3) is 4.10. The van der Waals surface area contributed by atoms with Crippen LogP contribution in [-0.2, 0) is 11.2 Å². The van der Waals surface area contributed by atoms with Crippen LogP contribution < -0.4 is 0 Å². The first-order chi connectivity index (χ1) is 8.19. The average Bonchev–Trinajstić information content (AvgIpc) is 2.30. The minimum atomic E-state index is -0.306. The molecule has 0 atom stereocenters. The van der Waals surface area contributed by atoms with Crippen LogP contribution in [0.25, 0.3) is 0 Å². The Labute approximate surface area is 102 Å². The molecule has 1 aromatic rings. The minimum absolute atomic E-state index is 0.199. The van der Waals surface area contributed by atoms with Crippen LogP contribution in [0.5, 0.6) is 5.75 Å². The molecule has 0 fully saturated rings. The highest BCUT2D eigenvalue weighted by Gasteiger charge is 2.12. The summed E-state index contributed by atoms with van der Waals surface area (Å²) in [6.07, 6.45) is 4.08. The van der Waals surface area contributed by atoms with Gasteiger partial charge < -0.3 is 9.84 Å². The summed E-state index contributed by atoms with van der Waals surface area (Å²) in [4.78, 5) is 11.7. The molecule has 1 aromatic carbocycles. The number of hydrogen-bond donors (Lipinski definition) is 1. The van der Waals surface area contributed by atoms with Crippen molar-refractivity contribution in [1.29, 1.82) is 0 Å². The van der Waals surface area contributed by atoms with E-state index in [4.69, 9.17) is 4.74 Å². The molecule has 1 N–H and O–H groups in total. The van der Waals surface area contributed by atoms with Gasteiger partial charge >= 0.3 is 5.97 Å². The van der Waals surface area contributed by atoms with Crippen LogP contribution >= 0.6 is 0 Å². The second kappa shape index (κ2) is 6.94. The first kappa shape index (κ1) is 13.6. The molecule has 1 rings (SSSR count). The van der Waals surface area contributed by atoms with Crippen molar-refractivity contribution in [3.8, 4) is 5.75 Å². The maximum Gasteiger partial charge on any atom is 0.338 e. The Hall–Kier alpha value is -1.51. The fourth-order valence-corrected chi connectivity index (χ4v) is 1.76. The van der Waals surface area contributed by atoms with Gasteiger partial charge in [0.05, 0.1) is 12.2 Å². The van der Waals surface area contributed by atoms with Gasteiger partial charge in [0.2, 0.25) is 0 Å². The van der Waals surface area contributed by atoms with E-state index in [1.165, 1.54) is 6.07 Å². The SMILES string of the molecule is CCCCCc1cc(O)ccc1C(=O)OCC. The maximum absolute atomic E-state index is 11.7. The normalized spacial score (nSPS) is 10.2. The summed E-state index contributed by atoms with van der Waals surface area (Å²) >= 11 is 0. The second-order valence-electron chi connectivity index (χ2n) is 4.02. The predicted octanol–water partition coefficient (Wildman–Crippen LogP) is 3.30. The van der Waals surface area contributed by atoms with Crippen molar-refractivity contribution in [2.75, 3.05) is 6.61 Å². The number of rotatable bonds is 6. The van der Waals surface area contributed by atoms with Crippen LogP contribution in [0.1, 0.15) is 49.0 Å². The Balaban J connectivity index is 2.83. The Morgan fingerprint density at radius 3 is 2.71 bits per heavy atom. The van der Waals surface area contributed by atoms with E-state index in [1.807, 2.05) is 0 Å². The zero-order valence-corrected chi connectivity index (χ0v) is 10.5. The Bertz CT molecular complexity index is 372. The summed E-state index contributed by atoms with van der Waals surface area (Å²) in [5, 5.41) is 9.45. The zero-order valence-electron chi connectivity index (χ0n) is 10.5. The van der Waals surface area contributed by atoms with E-state index in [0.717, 1.165) is 31.2 Å². The highest BCUT2D eigenvalue weighted by Crippen LogP contribution is 2.20. The fourth-order valence-electron chi connectivity index (χ4n) is 1.76. The number of esters is 1. The molecule has 17 heavy (non-hydrogen) atoms. The molecule has 0 amide bonds. The van der Waals surface area contributed by atoms with Gasteiger partial charge in [0.15, 0.2) is 0 Å². The van der Waals surface area contributed by atoms with Crippen molar-refractivity contribution < 1.29 is 14.6 Å². The van der Waals surface area contributed by atoms with Crippen molar-refractivity contribution in [3.05, 3.63) is 29.3 Å². The van der Waals surface area contributed by atoms with Crippen LogP contribution in [0.2, 0.25) is 0 Å². The largest absolute Gasteiger partial charge is 0.508 e. The number of carbonyl (C=O) groups excluding carboxylic acids is 1. The van der Waals surface area contributed by atoms with Crippen molar-refractivity contribution in [2.45, 2.75) is 39.5 Å². The highest BCUT2D eigenvalue weighted by molar-refractivity contribution is 5.91. The number of aromatic hydroxyl groups is 1. The smallest absolute Gasteiger partial charge is 0.338 e. The third-order valence-corrected chi connectivity index (χ3v) is 2.63. The number of aryl methyl sites for hydroxylation is 1. The molecule has 0 heterocycles. The van der Waals surface area contributed by atoms with Gasteiger partial charge in [-0.2, -0.15) is 0 Å². The zero-order chi connectivity index (χ0) is 12.7. The van der Waals surface area contributed by atoms with Crippen LogP contribution in [0.4, 0.5) is 0 Å². The molecule has 0 bridgehead atoms. The topological polar surface area (TPSA) is 46.5 Å². The number of unbranched alkanes of at least 4 members (excludes halogenated alkanes) is 2. The fraction of sp³-hybridized carbons (Fsp3) is 0.500. The molecule has 3 heteroatoms. The molecule has 0 unspecified atom stereocenters. The van der Waals surface area contributed by atoms with Gasteiger partial charge in [0.25, 0.3) is 0 Å². The van der Waals surface area contributed by atoms with Gasteiger partial charge in [-0.05, 0) is 43.5 Å². The summed E-state index contributed by atoms with van der Waals surface area (Å²) < 4.78 is 4.99. The molecular weight excluding hydrogens is 216 g/mol. The van der Waals surface area contributed by atoms with E-state index < -0.39 is 0 Å². The van der Waals surface area contributed by atoms with Crippen molar-refractivity contribution >= 4 is 5.97 Å². The van der Waals surface area contributed by atoms with Crippen molar-refractivity contribution in [3.63, 3.8) is 0 Å². The van der Waals surface area contributed by atoms with Crippen LogP contribution in [0, 0.1) is 0 Å². The summed E-state index contributed by atoms with van der Waals surface area (Å²) in [5.74, 6) is -0.108. The van der Waals surface area contributed by atoms with Gasteiger partial charge in [-0.3, -0.25) is 0 Å². The molecule has 0 aliphatic carbocycles. The van der Waals surface area contributed by atoms with E-state index in [1.54, 1.807) is 19.1 Å². The van der Waals surface area contributed by atoms with E-state index in [0.29, 0.717) is 12.2 Å². The van der Waals surface area contributed by atoms with E-state index >= 15 is 0 Å². The molecule has 0 radical (unpaired) electrons. The van der Waals surface area contributed by atoms with E-state index in [9.17, 15) is 9.90 Å². The van der Waals surface area contributed by atoms with Crippen molar-refractivity contribution in [1.82, 2.24) is 0 Å². The molecule has 94 valence electrons. The Morgan fingerprint density at radius 1 is 1.29 bits per heavy atom. The lowest BCUT2D eigenvalue weighted by atomic mass is 10.0. The van der Waals surface area contributed by atoms with Crippen LogP contribution in [0.15, 0.2) is 18.2 Å². The lowest BCUT2D eigenvalue weighted by Gasteiger charge is -2.09. The number of phenolic OH excluding ortho intramolecular Hbond substituents is 1. The molecule has 0 saturated carbocycles. The van der Waals surface area contributed by atoms with Crippen molar-refractivity contribution in [2.24, 2.45) is 0 Å². The van der Waals surface area contributed by atoms with Gasteiger partial charge in [-0.1, -0.05) is 19.8 Å². The first-order valence-electron chi connectivity index (χ1n) is 6.18. The summed E-state index contributed by atoms with van der Waals surface area (Å²) in [6.45, 7) is 4.29. The van der Waals surface area contributed by atoms with Crippen LogP contribution in [-0.4, -0.2) is 17.7 Å². The lowest BCUT2D eigenvalue weighted by molar-refractivity contribution is 0.0525. The van der Waals surface area contributed by atoms with Gasteiger partial charge in [-0.15, -0.1) is 0 Å². The van der Waals surface area contributed by atoms with E-state index in [-0.39, 0.29) is 11.7 Å². The lowest BCUT2D eigenvalue weighted by Crippen LogP contribution is -2.08. The van der Waals surface area contributed by atoms with E-state index in [2.05, 4.69) is 6.92 Å². The number of phenols is 1. The first-order valence-corrected chi connectivity index (χ1v) is 6.18. The third-order valence-electron chi connectivity index (χ3n) is 2.63. The Kier molecular flexibility index (Phi) is 5.53. The quantitative estimate of drug-likeness (QED) is 0.609. The maximum atomic E-state index is 11.7. The van der Waals surface area contributed by atoms with Gasteiger partial charge in [0, 0.05) is 0 Å². The molecular formula is C14H20O3. The number of hydrogen-bond acceptors (Lipinski definition) is 3. The van der Waals surface area contributed by atoms with Crippen LogP contribution in [0.3, 0.4) is 0 Å². The standard InChI is InChI=1S/C14H20O3/c1-3-5-6-7-11-10-12(15)8-9-13(11)14(16)17-4-2/h8-10,15H,3-7H2,1-2H3. The molecule has 0 saturated heterocycles.